The fraction of sp³-hybridized carbons (Fsp3) is 0.0385. The molecule has 0 saturated heterocycles. The standard InChI is InChI=1S/C52H38N4O2/c1-53-49(43-31-33-45(41-29-17-15-27-39(41)43)55(35-19-7-3-8-20-35)36-21-9-4-10-22-36)47-48(51(53)57)50(54(2)52(47)58)44-32-34-46(42-30-18-16-28-40(42)44)56(37-23-11-5-12-24-37)38-25-13-6-14-26-38/h3-34H,1-2H3. The van der Waals surface area contributed by atoms with Gasteiger partial charge in [0.05, 0.1) is 33.9 Å². The maximum atomic E-state index is 14.6. The van der Waals surface area contributed by atoms with E-state index in [2.05, 4.69) is 107 Å². The molecule has 278 valence electrons. The second kappa shape index (κ2) is 14.1. The monoisotopic (exact) mass is 750 g/mol. The van der Waals surface area contributed by atoms with Crippen LogP contribution in [0.25, 0.3) is 32.9 Å². The van der Waals surface area contributed by atoms with Crippen LogP contribution in [0.1, 0.15) is 11.1 Å². The molecule has 0 aromatic heterocycles. The second-order valence-electron chi connectivity index (χ2n) is 14.5. The number of rotatable bonds is 8. The van der Waals surface area contributed by atoms with Crippen molar-refractivity contribution in [3.05, 3.63) is 216 Å². The lowest BCUT2D eigenvalue weighted by Crippen LogP contribution is -2.25. The summed E-state index contributed by atoms with van der Waals surface area (Å²) in [6.45, 7) is 0. The van der Waals surface area contributed by atoms with Gasteiger partial charge in [-0.05, 0) is 71.4 Å². The maximum Gasteiger partial charge on any atom is 0.261 e. The minimum absolute atomic E-state index is 0.204. The molecule has 6 nitrogen and oxygen atoms in total. The Morgan fingerprint density at radius 1 is 0.328 bits per heavy atom. The van der Waals surface area contributed by atoms with E-state index < -0.39 is 0 Å². The lowest BCUT2D eigenvalue weighted by Gasteiger charge is -2.28. The molecule has 0 aliphatic carbocycles. The summed E-state index contributed by atoms with van der Waals surface area (Å²) in [5, 5.41) is 3.89. The molecule has 2 amide bonds. The number of hydrogen-bond acceptors (Lipinski definition) is 4. The van der Waals surface area contributed by atoms with Gasteiger partial charge in [-0.15, -0.1) is 0 Å². The highest BCUT2D eigenvalue weighted by Gasteiger charge is 2.47. The average Bonchev–Trinajstić information content (AvgIpc) is 3.69. The van der Waals surface area contributed by atoms with Crippen LogP contribution in [0, 0.1) is 0 Å². The lowest BCUT2D eigenvalue weighted by molar-refractivity contribution is -0.123. The number of carbonyl (C=O) groups excluding carboxylic acids is 2. The van der Waals surface area contributed by atoms with E-state index in [1.54, 1.807) is 23.9 Å². The Hall–Kier alpha value is -7.70. The number of carbonyl (C=O) groups is 2. The molecule has 10 rings (SSSR count). The number of anilines is 6. The van der Waals surface area contributed by atoms with Crippen molar-refractivity contribution in [1.82, 2.24) is 9.80 Å². The van der Waals surface area contributed by atoms with Gasteiger partial charge >= 0.3 is 0 Å². The largest absolute Gasteiger partial charge is 0.310 e. The van der Waals surface area contributed by atoms with Crippen molar-refractivity contribution >= 4 is 78.9 Å². The first-order valence-electron chi connectivity index (χ1n) is 19.4. The minimum atomic E-state index is -0.204. The predicted octanol–water partition coefficient (Wildman–Crippen LogP) is 12.0. The molecule has 8 aromatic carbocycles. The number of amides is 2. The first-order chi connectivity index (χ1) is 28.5. The Morgan fingerprint density at radius 3 is 0.914 bits per heavy atom. The molecule has 0 N–H and O–H groups in total. The third-order valence-corrected chi connectivity index (χ3v) is 11.3. The first-order valence-corrected chi connectivity index (χ1v) is 19.4. The van der Waals surface area contributed by atoms with E-state index in [-0.39, 0.29) is 11.8 Å². The van der Waals surface area contributed by atoms with Crippen molar-refractivity contribution in [2.24, 2.45) is 0 Å². The molecule has 0 atom stereocenters. The summed E-state index contributed by atoms with van der Waals surface area (Å²) in [6, 6.07) is 66.1. The lowest BCUT2D eigenvalue weighted by atomic mass is 9.95. The summed E-state index contributed by atoms with van der Waals surface area (Å²) >= 11 is 0. The van der Waals surface area contributed by atoms with Gasteiger partial charge in [0.1, 0.15) is 0 Å². The molecule has 8 aromatic rings. The molecule has 6 heteroatoms. The predicted molar refractivity (Wildman–Crippen MR) is 237 cm³/mol. The smallest absolute Gasteiger partial charge is 0.261 e. The van der Waals surface area contributed by atoms with Crippen molar-refractivity contribution in [1.29, 1.82) is 0 Å². The van der Waals surface area contributed by atoms with E-state index in [1.807, 2.05) is 97.1 Å². The zero-order chi connectivity index (χ0) is 39.3. The Bertz CT molecular complexity index is 2680. The zero-order valence-electron chi connectivity index (χ0n) is 32.1. The highest BCUT2D eigenvalue weighted by molar-refractivity contribution is 6.32. The van der Waals surface area contributed by atoms with E-state index in [0.29, 0.717) is 22.5 Å². The van der Waals surface area contributed by atoms with Gasteiger partial charge in [-0.3, -0.25) is 9.59 Å². The molecular weight excluding hydrogens is 713 g/mol. The number of likely N-dealkylation sites (N-methyl/N-ethyl adjacent to an activating group) is 2. The summed E-state index contributed by atoms with van der Waals surface area (Å²) < 4.78 is 0. The summed E-state index contributed by atoms with van der Waals surface area (Å²) in [6.07, 6.45) is 0. The quantitative estimate of drug-likeness (QED) is 0.155. The second-order valence-corrected chi connectivity index (χ2v) is 14.5. The van der Waals surface area contributed by atoms with Crippen LogP contribution in [0.5, 0.6) is 0 Å². The van der Waals surface area contributed by atoms with Crippen LogP contribution < -0.4 is 9.80 Å². The molecule has 58 heavy (non-hydrogen) atoms. The molecule has 0 fully saturated rings. The van der Waals surface area contributed by atoms with Crippen molar-refractivity contribution in [2.45, 2.75) is 0 Å². The molecular formula is C52H38N4O2. The molecule has 0 bridgehead atoms. The molecule has 0 saturated carbocycles. The van der Waals surface area contributed by atoms with Crippen molar-refractivity contribution < 1.29 is 9.59 Å². The molecule has 2 aliphatic heterocycles. The number of fused-ring (bicyclic) bond motifs is 3. The van der Waals surface area contributed by atoms with Crippen molar-refractivity contribution in [3.63, 3.8) is 0 Å². The van der Waals surface area contributed by atoms with Crippen LogP contribution in [0.15, 0.2) is 205 Å². The minimum Gasteiger partial charge on any atom is -0.310 e. The van der Waals surface area contributed by atoms with Gasteiger partial charge in [-0.1, -0.05) is 133 Å². The Morgan fingerprint density at radius 2 is 0.603 bits per heavy atom. The van der Waals surface area contributed by atoms with Crippen LogP contribution in [0.4, 0.5) is 34.1 Å². The van der Waals surface area contributed by atoms with E-state index >= 15 is 0 Å². The topological polar surface area (TPSA) is 47.1 Å². The summed E-state index contributed by atoms with van der Waals surface area (Å²) in [5.74, 6) is -0.408. The van der Waals surface area contributed by atoms with E-state index in [9.17, 15) is 9.59 Å². The van der Waals surface area contributed by atoms with Crippen molar-refractivity contribution in [3.8, 4) is 0 Å². The van der Waals surface area contributed by atoms with Crippen LogP contribution in [-0.4, -0.2) is 35.7 Å². The SMILES string of the molecule is CN1C(=O)C2=C(c3ccc(N(c4ccccc4)c4ccccc4)c4ccccc34)N(C)C(=O)C2=C1c1ccc(N(c2ccccc2)c2ccccc2)c2ccccc12. The average molecular weight is 751 g/mol. The van der Waals surface area contributed by atoms with E-state index in [4.69, 9.17) is 0 Å². The fourth-order valence-electron chi connectivity index (χ4n) is 8.69. The maximum absolute atomic E-state index is 14.6. The number of hydrogen-bond donors (Lipinski definition) is 0. The molecule has 2 heterocycles. The van der Waals surface area contributed by atoms with Gasteiger partial charge in [0.25, 0.3) is 11.8 Å². The number of para-hydroxylation sites is 4. The van der Waals surface area contributed by atoms with Crippen molar-refractivity contribution in [2.75, 3.05) is 23.9 Å². The highest BCUT2D eigenvalue weighted by Crippen LogP contribution is 2.50. The van der Waals surface area contributed by atoms with Gasteiger partial charge in [0.2, 0.25) is 0 Å². The highest BCUT2D eigenvalue weighted by atomic mass is 16.2. The van der Waals surface area contributed by atoms with Gasteiger partial charge in [0.15, 0.2) is 0 Å². The molecule has 0 spiro atoms. The Balaban J connectivity index is 1.16. The van der Waals surface area contributed by atoms with Gasteiger partial charge in [0, 0.05) is 58.7 Å². The van der Waals surface area contributed by atoms with Crippen LogP contribution >= 0.6 is 0 Å². The Kier molecular flexibility index (Phi) is 8.45. The van der Waals surface area contributed by atoms with Gasteiger partial charge in [-0.2, -0.15) is 0 Å². The summed E-state index contributed by atoms with van der Waals surface area (Å²) in [4.78, 5) is 37.1. The Labute approximate surface area is 337 Å². The van der Waals surface area contributed by atoms with Gasteiger partial charge < -0.3 is 19.6 Å². The van der Waals surface area contributed by atoms with Crippen LogP contribution in [0.3, 0.4) is 0 Å². The van der Waals surface area contributed by atoms with Crippen LogP contribution in [0.2, 0.25) is 0 Å². The van der Waals surface area contributed by atoms with Crippen LogP contribution in [-0.2, 0) is 9.59 Å². The normalized spacial score (nSPS) is 13.9. The third-order valence-electron chi connectivity index (χ3n) is 11.3. The van der Waals surface area contributed by atoms with E-state index in [1.165, 1.54) is 0 Å². The molecule has 0 unspecified atom stereocenters. The third kappa shape index (κ3) is 5.49. The first kappa shape index (κ1) is 34.8. The summed E-state index contributed by atoms with van der Waals surface area (Å²) in [5.41, 5.74) is 9.81. The number of nitrogens with zero attached hydrogens (tertiary/aromatic N) is 4. The summed E-state index contributed by atoms with van der Waals surface area (Å²) in [7, 11) is 3.56. The fourth-order valence-corrected chi connectivity index (χ4v) is 8.69. The molecule has 0 radical (unpaired) electrons. The number of benzene rings is 8. The molecule has 2 aliphatic rings. The zero-order valence-corrected chi connectivity index (χ0v) is 32.1. The van der Waals surface area contributed by atoms with Gasteiger partial charge in [-0.25, -0.2) is 0 Å². The van der Waals surface area contributed by atoms with E-state index in [0.717, 1.165) is 66.8 Å².